The Hall–Kier alpha value is -3.65. The predicted molar refractivity (Wildman–Crippen MR) is 114 cm³/mol. The zero-order valence-corrected chi connectivity index (χ0v) is 17.5. The Morgan fingerprint density at radius 2 is 1.61 bits per heavy atom. The summed E-state index contributed by atoms with van der Waals surface area (Å²) in [7, 11) is -2.55. The molecule has 1 aliphatic rings. The summed E-state index contributed by atoms with van der Waals surface area (Å²) in [5.41, 5.74) is 2.05. The largest absolute Gasteiger partial charge is 0.465 e. The van der Waals surface area contributed by atoms with Crippen molar-refractivity contribution >= 4 is 27.6 Å². The Kier molecular flexibility index (Phi) is 5.48. The number of carbonyl (C=O) groups excluding carboxylic acids is 2. The van der Waals surface area contributed by atoms with Crippen LogP contribution >= 0.6 is 0 Å². The highest BCUT2D eigenvalue weighted by molar-refractivity contribution is 7.92. The van der Waals surface area contributed by atoms with Gasteiger partial charge in [0.2, 0.25) is 0 Å². The van der Waals surface area contributed by atoms with Gasteiger partial charge in [0.15, 0.2) is 0 Å². The number of esters is 2. The van der Waals surface area contributed by atoms with Crippen LogP contribution in [0.25, 0.3) is 0 Å². The number of para-hydroxylation sites is 1. The molecule has 0 aromatic heterocycles. The molecule has 0 bridgehead atoms. The molecule has 31 heavy (non-hydrogen) atoms. The van der Waals surface area contributed by atoms with Crippen LogP contribution in [0.3, 0.4) is 0 Å². The summed E-state index contributed by atoms with van der Waals surface area (Å²) in [5.74, 6) is -0.983. The summed E-state index contributed by atoms with van der Waals surface area (Å²) in [4.78, 5) is 24.1. The van der Waals surface area contributed by atoms with E-state index in [2.05, 4.69) is 4.74 Å². The van der Waals surface area contributed by atoms with Crippen molar-refractivity contribution in [1.29, 1.82) is 0 Å². The Balaban J connectivity index is 1.55. The number of methoxy groups -OCH3 is 1. The van der Waals surface area contributed by atoms with Crippen LogP contribution in [0.2, 0.25) is 0 Å². The van der Waals surface area contributed by atoms with E-state index in [4.69, 9.17) is 4.74 Å². The maximum Gasteiger partial charge on any atom is 0.343 e. The number of benzene rings is 3. The molecule has 0 unspecified atom stereocenters. The molecule has 0 saturated heterocycles. The predicted octanol–water partition coefficient (Wildman–Crippen LogP) is 3.44. The van der Waals surface area contributed by atoms with E-state index in [1.165, 1.54) is 59.9 Å². The first-order chi connectivity index (χ1) is 14.9. The van der Waals surface area contributed by atoms with E-state index in [9.17, 15) is 18.0 Å². The molecule has 158 valence electrons. The molecule has 0 spiro atoms. The van der Waals surface area contributed by atoms with Gasteiger partial charge in [-0.15, -0.1) is 0 Å². The van der Waals surface area contributed by atoms with Crippen LogP contribution in [0.1, 0.15) is 26.3 Å². The van der Waals surface area contributed by atoms with Crippen LogP contribution in [0, 0.1) is 0 Å². The van der Waals surface area contributed by atoms with Crippen molar-refractivity contribution < 1.29 is 27.5 Å². The van der Waals surface area contributed by atoms with Crippen molar-refractivity contribution in [2.75, 3.05) is 18.0 Å². The molecule has 7 nitrogen and oxygen atoms in total. The minimum Gasteiger partial charge on any atom is -0.465 e. The van der Waals surface area contributed by atoms with Crippen LogP contribution in [-0.4, -0.2) is 34.0 Å². The summed E-state index contributed by atoms with van der Waals surface area (Å²) in [6.45, 7) is 0.350. The summed E-state index contributed by atoms with van der Waals surface area (Å²) in [6, 6.07) is 19.0. The summed E-state index contributed by atoms with van der Waals surface area (Å²) < 4.78 is 37.7. The molecule has 3 aromatic carbocycles. The first kappa shape index (κ1) is 20.6. The number of fused-ring (bicyclic) bond motifs is 1. The highest BCUT2D eigenvalue weighted by atomic mass is 32.2. The quantitative estimate of drug-likeness (QED) is 0.449. The standard InChI is InChI=1S/C23H19NO6S/c1-29-22(25)17-9-11-19(12-10-17)30-23(26)18-6-4-7-20(15-18)31(27,28)24-14-13-16-5-2-3-8-21(16)24/h2-12,15H,13-14H2,1H3. The molecule has 1 aliphatic heterocycles. The lowest BCUT2D eigenvalue weighted by Gasteiger charge is -2.19. The first-order valence-corrected chi connectivity index (χ1v) is 11.0. The van der Waals surface area contributed by atoms with Gasteiger partial charge in [0.1, 0.15) is 5.75 Å². The average molecular weight is 437 g/mol. The lowest BCUT2D eigenvalue weighted by atomic mass is 10.2. The van der Waals surface area contributed by atoms with Crippen molar-refractivity contribution in [3.8, 4) is 5.75 Å². The van der Waals surface area contributed by atoms with Gasteiger partial charge in [-0.05, 0) is 60.5 Å². The highest BCUT2D eigenvalue weighted by Gasteiger charge is 2.31. The molecule has 4 rings (SSSR count). The van der Waals surface area contributed by atoms with Crippen LogP contribution in [0.5, 0.6) is 5.75 Å². The molecule has 0 saturated carbocycles. The van der Waals surface area contributed by atoms with E-state index in [0.717, 1.165) is 5.56 Å². The highest BCUT2D eigenvalue weighted by Crippen LogP contribution is 2.32. The molecule has 8 heteroatoms. The molecule has 1 heterocycles. The number of sulfonamides is 1. The minimum atomic E-state index is -3.82. The maximum atomic E-state index is 13.2. The Morgan fingerprint density at radius 1 is 0.871 bits per heavy atom. The zero-order chi connectivity index (χ0) is 22.0. The van der Waals surface area contributed by atoms with Gasteiger partial charge in [-0.2, -0.15) is 0 Å². The fourth-order valence-corrected chi connectivity index (χ4v) is 4.96. The van der Waals surface area contributed by atoms with Crippen molar-refractivity contribution in [3.05, 3.63) is 89.5 Å². The molecule has 0 aliphatic carbocycles. The fourth-order valence-electron chi connectivity index (χ4n) is 3.41. The van der Waals surface area contributed by atoms with Gasteiger partial charge in [-0.25, -0.2) is 18.0 Å². The van der Waals surface area contributed by atoms with Crippen molar-refractivity contribution in [2.45, 2.75) is 11.3 Å². The fraction of sp³-hybridized carbons (Fsp3) is 0.130. The number of nitrogens with zero attached hydrogens (tertiary/aromatic N) is 1. The third-order valence-electron chi connectivity index (χ3n) is 4.99. The van der Waals surface area contributed by atoms with Crippen LogP contribution < -0.4 is 9.04 Å². The second-order valence-corrected chi connectivity index (χ2v) is 8.75. The molecule has 0 N–H and O–H groups in total. The molecule has 0 fully saturated rings. The van der Waals surface area contributed by atoms with Gasteiger partial charge < -0.3 is 9.47 Å². The number of rotatable bonds is 5. The van der Waals surface area contributed by atoms with Gasteiger partial charge in [0.05, 0.1) is 28.8 Å². The normalized spacial score (nSPS) is 12.9. The third-order valence-corrected chi connectivity index (χ3v) is 6.80. The number of ether oxygens (including phenoxy) is 2. The van der Waals surface area contributed by atoms with Gasteiger partial charge in [0.25, 0.3) is 10.0 Å². The number of hydrogen-bond donors (Lipinski definition) is 0. The van der Waals surface area contributed by atoms with Crippen LogP contribution in [0.4, 0.5) is 5.69 Å². The molecule has 0 atom stereocenters. The second kappa shape index (κ2) is 8.23. The number of carbonyl (C=O) groups is 2. The smallest absolute Gasteiger partial charge is 0.343 e. The van der Waals surface area contributed by atoms with Crippen LogP contribution in [-0.2, 0) is 21.2 Å². The second-order valence-electron chi connectivity index (χ2n) is 6.89. The van der Waals surface area contributed by atoms with Crippen LogP contribution in [0.15, 0.2) is 77.7 Å². The first-order valence-electron chi connectivity index (χ1n) is 9.51. The summed E-state index contributed by atoms with van der Waals surface area (Å²) >= 11 is 0. The molecule has 0 radical (unpaired) electrons. The summed E-state index contributed by atoms with van der Waals surface area (Å²) in [5, 5.41) is 0. The number of hydrogen-bond acceptors (Lipinski definition) is 6. The lowest BCUT2D eigenvalue weighted by Crippen LogP contribution is -2.29. The van der Waals surface area contributed by atoms with Crippen molar-refractivity contribution in [1.82, 2.24) is 0 Å². The molecular formula is C23H19NO6S. The van der Waals surface area contributed by atoms with Crippen molar-refractivity contribution in [3.63, 3.8) is 0 Å². The lowest BCUT2D eigenvalue weighted by molar-refractivity contribution is 0.0600. The zero-order valence-electron chi connectivity index (χ0n) is 16.6. The SMILES string of the molecule is COC(=O)c1ccc(OC(=O)c2cccc(S(=O)(=O)N3CCc4ccccc43)c2)cc1. The van der Waals surface area contributed by atoms with E-state index < -0.39 is 22.0 Å². The van der Waals surface area contributed by atoms with Gasteiger partial charge in [-0.1, -0.05) is 24.3 Å². The monoisotopic (exact) mass is 437 g/mol. The van der Waals surface area contributed by atoms with E-state index in [1.54, 1.807) is 12.1 Å². The van der Waals surface area contributed by atoms with Gasteiger partial charge >= 0.3 is 11.9 Å². The van der Waals surface area contributed by atoms with Gasteiger partial charge in [0, 0.05) is 6.54 Å². The topological polar surface area (TPSA) is 90.0 Å². The average Bonchev–Trinajstić information content (AvgIpc) is 3.24. The Morgan fingerprint density at radius 3 is 2.35 bits per heavy atom. The van der Waals surface area contributed by atoms with E-state index in [1.807, 2.05) is 12.1 Å². The Bertz CT molecular complexity index is 1250. The third kappa shape index (κ3) is 4.02. The van der Waals surface area contributed by atoms with E-state index in [0.29, 0.717) is 24.2 Å². The van der Waals surface area contributed by atoms with Gasteiger partial charge in [-0.3, -0.25) is 4.31 Å². The van der Waals surface area contributed by atoms with Crippen molar-refractivity contribution in [2.24, 2.45) is 0 Å². The number of anilines is 1. The molecular weight excluding hydrogens is 418 g/mol. The molecule has 3 aromatic rings. The summed E-state index contributed by atoms with van der Waals surface area (Å²) in [6.07, 6.45) is 0.638. The Labute approximate surface area is 179 Å². The maximum absolute atomic E-state index is 13.2. The minimum absolute atomic E-state index is 0.0136. The van der Waals surface area contributed by atoms with E-state index >= 15 is 0 Å². The molecule has 0 amide bonds. The van der Waals surface area contributed by atoms with E-state index in [-0.39, 0.29) is 16.2 Å².